The van der Waals surface area contributed by atoms with Crippen molar-refractivity contribution in [3.63, 3.8) is 0 Å². The van der Waals surface area contributed by atoms with E-state index in [0.717, 1.165) is 17.0 Å². The van der Waals surface area contributed by atoms with Crippen molar-refractivity contribution in [3.05, 3.63) is 58.9 Å². The lowest BCUT2D eigenvalue weighted by Crippen LogP contribution is -2.46. The topological polar surface area (TPSA) is 32.8 Å². The SMILES string of the molecule is CN(Cc1c(F)cccc1Cl)c1ccccc1SN(C=O)CC1(C)COC1. The van der Waals surface area contributed by atoms with Gasteiger partial charge in [0.2, 0.25) is 6.41 Å². The number of carbonyl (C=O) groups is 1. The van der Waals surface area contributed by atoms with Gasteiger partial charge in [0.25, 0.3) is 0 Å². The summed E-state index contributed by atoms with van der Waals surface area (Å²) in [5.41, 5.74) is 1.35. The standard InChI is InChI=1S/C20H22ClFN2O2S/c1-20(12-26-13-20)11-24(14-25)27-19-9-4-3-8-18(19)23(2)10-15-16(21)6-5-7-17(15)22/h3-9,14H,10-13H2,1-2H3. The van der Waals surface area contributed by atoms with Crippen LogP contribution in [0.1, 0.15) is 12.5 Å². The molecule has 144 valence electrons. The van der Waals surface area contributed by atoms with Gasteiger partial charge in [-0.25, -0.2) is 4.39 Å². The molecule has 1 aliphatic heterocycles. The van der Waals surface area contributed by atoms with Crippen molar-refractivity contribution in [3.8, 4) is 0 Å². The van der Waals surface area contributed by atoms with Gasteiger partial charge in [-0.3, -0.25) is 9.10 Å². The fourth-order valence-corrected chi connectivity index (χ4v) is 4.34. The van der Waals surface area contributed by atoms with E-state index in [1.807, 2.05) is 36.2 Å². The molecule has 3 rings (SSSR count). The minimum atomic E-state index is -0.327. The molecule has 7 heteroatoms. The highest BCUT2D eigenvalue weighted by Crippen LogP contribution is 2.36. The molecule has 0 N–H and O–H groups in total. The van der Waals surface area contributed by atoms with Gasteiger partial charge in [0, 0.05) is 36.1 Å². The van der Waals surface area contributed by atoms with Crippen LogP contribution in [0.25, 0.3) is 0 Å². The number of carbonyl (C=O) groups excluding carboxylic acids is 1. The third-order valence-corrected chi connectivity index (χ3v) is 5.85. The fourth-order valence-electron chi connectivity index (χ4n) is 2.99. The van der Waals surface area contributed by atoms with Crippen LogP contribution < -0.4 is 4.90 Å². The molecule has 27 heavy (non-hydrogen) atoms. The highest BCUT2D eigenvalue weighted by Gasteiger charge is 2.35. The number of halogens is 2. The van der Waals surface area contributed by atoms with Gasteiger partial charge in [-0.05, 0) is 36.2 Å². The lowest BCUT2D eigenvalue weighted by Gasteiger charge is -2.40. The average Bonchev–Trinajstić information content (AvgIpc) is 2.63. The van der Waals surface area contributed by atoms with Crippen LogP contribution in [0.3, 0.4) is 0 Å². The molecule has 1 fully saturated rings. The zero-order valence-corrected chi connectivity index (χ0v) is 16.9. The Balaban J connectivity index is 1.77. The first-order valence-corrected chi connectivity index (χ1v) is 9.78. The Hall–Kier alpha value is -1.76. The number of amides is 1. The van der Waals surface area contributed by atoms with Gasteiger partial charge < -0.3 is 9.64 Å². The molecule has 0 unspecified atom stereocenters. The number of para-hydroxylation sites is 1. The maximum Gasteiger partial charge on any atom is 0.219 e. The van der Waals surface area contributed by atoms with Crippen molar-refractivity contribution in [2.24, 2.45) is 5.41 Å². The summed E-state index contributed by atoms with van der Waals surface area (Å²) in [7, 11) is 1.88. The van der Waals surface area contributed by atoms with Gasteiger partial charge in [0.15, 0.2) is 0 Å². The first-order valence-electron chi connectivity index (χ1n) is 8.62. The maximum atomic E-state index is 14.1. The van der Waals surface area contributed by atoms with E-state index in [4.69, 9.17) is 16.3 Å². The minimum absolute atomic E-state index is 0.00452. The summed E-state index contributed by atoms with van der Waals surface area (Å²) in [6.45, 7) is 4.36. The van der Waals surface area contributed by atoms with E-state index in [9.17, 15) is 9.18 Å². The molecule has 4 nitrogen and oxygen atoms in total. The van der Waals surface area contributed by atoms with Crippen LogP contribution >= 0.6 is 23.5 Å². The Morgan fingerprint density at radius 1 is 1.26 bits per heavy atom. The summed E-state index contributed by atoms with van der Waals surface area (Å²) in [4.78, 5) is 14.4. The molecule has 1 saturated heterocycles. The summed E-state index contributed by atoms with van der Waals surface area (Å²) < 4.78 is 21.1. The number of nitrogens with zero attached hydrogens (tertiary/aromatic N) is 2. The van der Waals surface area contributed by atoms with E-state index in [-0.39, 0.29) is 11.2 Å². The lowest BCUT2D eigenvalue weighted by atomic mass is 9.89. The zero-order valence-electron chi connectivity index (χ0n) is 15.3. The minimum Gasteiger partial charge on any atom is -0.380 e. The van der Waals surface area contributed by atoms with Crippen LogP contribution in [0.15, 0.2) is 47.4 Å². The van der Waals surface area contributed by atoms with E-state index in [1.54, 1.807) is 16.4 Å². The molecule has 0 saturated carbocycles. The zero-order chi connectivity index (χ0) is 19.4. The second-order valence-electron chi connectivity index (χ2n) is 7.10. The molecule has 2 aromatic rings. The van der Waals surface area contributed by atoms with Gasteiger partial charge in [-0.1, -0.05) is 36.7 Å². The summed E-state index contributed by atoms with van der Waals surface area (Å²) >= 11 is 7.54. The summed E-state index contributed by atoms with van der Waals surface area (Å²) in [5, 5.41) is 0.402. The molecule has 2 aromatic carbocycles. The van der Waals surface area contributed by atoms with Crippen molar-refractivity contribution in [2.75, 3.05) is 31.7 Å². The largest absolute Gasteiger partial charge is 0.380 e. The second kappa shape index (κ2) is 8.50. The molecule has 0 spiro atoms. The van der Waals surface area contributed by atoms with E-state index in [0.29, 0.717) is 36.9 Å². The molecule has 0 radical (unpaired) electrons. The lowest BCUT2D eigenvalue weighted by molar-refractivity contribution is -0.125. The van der Waals surface area contributed by atoms with Crippen molar-refractivity contribution >= 4 is 35.6 Å². The quantitative estimate of drug-likeness (QED) is 0.471. The van der Waals surface area contributed by atoms with Gasteiger partial charge in [-0.15, -0.1) is 0 Å². The van der Waals surface area contributed by atoms with Crippen LogP contribution in [0, 0.1) is 11.2 Å². The highest BCUT2D eigenvalue weighted by molar-refractivity contribution is 7.97. The first-order chi connectivity index (χ1) is 12.9. The molecule has 0 bridgehead atoms. The van der Waals surface area contributed by atoms with E-state index in [1.165, 1.54) is 18.0 Å². The Labute approximate surface area is 168 Å². The number of ether oxygens (including phenoxy) is 1. The molecule has 1 heterocycles. The number of hydrogen-bond acceptors (Lipinski definition) is 4. The van der Waals surface area contributed by atoms with Crippen molar-refractivity contribution in [2.45, 2.75) is 18.4 Å². The van der Waals surface area contributed by atoms with Crippen LogP contribution in [0.2, 0.25) is 5.02 Å². The number of hydrogen-bond donors (Lipinski definition) is 0. The summed E-state index contributed by atoms with van der Waals surface area (Å²) in [5.74, 6) is -0.327. The maximum absolute atomic E-state index is 14.1. The molecule has 1 aliphatic rings. The number of benzene rings is 2. The average molecular weight is 409 g/mol. The van der Waals surface area contributed by atoms with E-state index >= 15 is 0 Å². The Morgan fingerprint density at radius 2 is 2.00 bits per heavy atom. The number of anilines is 1. The van der Waals surface area contributed by atoms with Crippen molar-refractivity contribution in [1.82, 2.24) is 4.31 Å². The highest BCUT2D eigenvalue weighted by atomic mass is 35.5. The molecule has 0 atom stereocenters. The Kier molecular flexibility index (Phi) is 6.29. The summed E-state index contributed by atoms with van der Waals surface area (Å²) in [6.07, 6.45) is 0.846. The van der Waals surface area contributed by atoms with Crippen LogP contribution in [-0.2, 0) is 16.1 Å². The second-order valence-corrected chi connectivity index (χ2v) is 8.60. The third-order valence-electron chi connectivity index (χ3n) is 4.51. The van der Waals surface area contributed by atoms with Crippen molar-refractivity contribution in [1.29, 1.82) is 0 Å². The first kappa shape index (κ1) is 20.0. The van der Waals surface area contributed by atoms with Gasteiger partial charge in [-0.2, -0.15) is 0 Å². The predicted octanol–water partition coefficient (Wildman–Crippen LogP) is 4.62. The van der Waals surface area contributed by atoms with Crippen LogP contribution in [-0.4, -0.2) is 37.5 Å². The monoisotopic (exact) mass is 408 g/mol. The number of rotatable bonds is 8. The normalized spacial score (nSPS) is 15.1. The molecular weight excluding hydrogens is 387 g/mol. The third kappa shape index (κ3) is 4.75. The van der Waals surface area contributed by atoms with Gasteiger partial charge in [0.05, 0.1) is 23.8 Å². The molecule has 0 aromatic heterocycles. The van der Waals surface area contributed by atoms with Crippen LogP contribution in [0.5, 0.6) is 0 Å². The van der Waals surface area contributed by atoms with Gasteiger partial charge in [0.1, 0.15) is 5.82 Å². The smallest absolute Gasteiger partial charge is 0.219 e. The fraction of sp³-hybridized carbons (Fsp3) is 0.350. The van der Waals surface area contributed by atoms with Gasteiger partial charge >= 0.3 is 0 Å². The predicted molar refractivity (Wildman–Crippen MR) is 108 cm³/mol. The Bertz CT molecular complexity index is 796. The van der Waals surface area contributed by atoms with E-state index in [2.05, 4.69) is 6.92 Å². The van der Waals surface area contributed by atoms with Crippen molar-refractivity contribution < 1.29 is 13.9 Å². The molecule has 0 aliphatic carbocycles. The molecule has 1 amide bonds. The van der Waals surface area contributed by atoms with Crippen LogP contribution in [0.4, 0.5) is 10.1 Å². The molecular formula is C20H22ClFN2O2S. The van der Waals surface area contributed by atoms with E-state index < -0.39 is 0 Å². The Morgan fingerprint density at radius 3 is 2.63 bits per heavy atom. The summed E-state index contributed by atoms with van der Waals surface area (Å²) in [6, 6.07) is 12.4.